The van der Waals surface area contributed by atoms with E-state index in [2.05, 4.69) is 0 Å². The number of carboxylic acids is 1. The largest absolute Gasteiger partial charge is 0.478 e. The number of hydrogen-bond acceptors (Lipinski definition) is 2. The van der Waals surface area contributed by atoms with E-state index in [-0.39, 0.29) is 5.56 Å². The molecule has 6 heteroatoms. The molecule has 2 aromatic carbocycles. The van der Waals surface area contributed by atoms with Gasteiger partial charge in [0.25, 0.3) is 0 Å². The molecule has 0 saturated heterocycles. The van der Waals surface area contributed by atoms with E-state index in [9.17, 15) is 9.90 Å². The maximum atomic E-state index is 11.3. The normalized spacial score (nSPS) is 11.3. The molecule has 3 rings (SSSR count). The summed E-state index contributed by atoms with van der Waals surface area (Å²) in [6.07, 6.45) is 0. The van der Waals surface area contributed by atoms with E-state index in [4.69, 9.17) is 34.8 Å². The topological polar surface area (TPSA) is 37.3 Å². The molecule has 1 aromatic heterocycles. The van der Waals surface area contributed by atoms with Gasteiger partial charge in [0.2, 0.25) is 0 Å². The van der Waals surface area contributed by atoms with E-state index in [1.807, 2.05) is 0 Å². The third kappa shape index (κ3) is 2.07. The van der Waals surface area contributed by atoms with E-state index in [1.54, 1.807) is 24.3 Å². The van der Waals surface area contributed by atoms with Crippen LogP contribution in [0.5, 0.6) is 0 Å². The van der Waals surface area contributed by atoms with E-state index >= 15 is 0 Å². The van der Waals surface area contributed by atoms with Gasteiger partial charge in [-0.2, -0.15) is 0 Å². The number of halogens is 3. The van der Waals surface area contributed by atoms with Gasteiger partial charge >= 0.3 is 5.97 Å². The smallest absolute Gasteiger partial charge is 0.337 e. The molecule has 0 fully saturated rings. The molecule has 19 heavy (non-hydrogen) atoms. The quantitative estimate of drug-likeness (QED) is 0.620. The fraction of sp³-hybridized carbons (Fsp3) is 0. The number of fused-ring (bicyclic) bond motifs is 3. The van der Waals surface area contributed by atoms with Gasteiger partial charge in [-0.3, -0.25) is 0 Å². The molecule has 0 aliphatic carbocycles. The first-order valence-electron chi connectivity index (χ1n) is 5.21. The van der Waals surface area contributed by atoms with Crippen LogP contribution in [0.3, 0.4) is 0 Å². The lowest BCUT2D eigenvalue weighted by Crippen LogP contribution is -1.96. The van der Waals surface area contributed by atoms with Crippen molar-refractivity contribution in [3.05, 3.63) is 44.2 Å². The van der Waals surface area contributed by atoms with Crippen LogP contribution in [0.2, 0.25) is 14.4 Å². The molecule has 1 heterocycles. The number of carboxylic acid groups (broad SMARTS) is 1. The zero-order valence-electron chi connectivity index (χ0n) is 9.21. The third-order valence-electron chi connectivity index (χ3n) is 2.85. The van der Waals surface area contributed by atoms with E-state index in [0.717, 1.165) is 10.8 Å². The Kier molecular flexibility index (Phi) is 3.10. The average Bonchev–Trinajstić information content (AvgIpc) is 2.69. The Morgan fingerprint density at radius 1 is 1.00 bits per heavy atom. The van der Waals surface area contributed by atoms with Crippen molar-refractivity contribution in [2.24, 2.45) is 0 Å². The van der Waals surface area contributed by atoms with Crippen molar-refractivity contribution in [2.45, 2.75) is 0 Å². The Balaban J connectivity index is 2.61. The highest BCUT2D eigenvalue weighted by Crippen LogP contribution is 2.40. The highest BCUT2D eigenvalue weighted by atomic mass is 35.5. The molecule has 0 amide bonds. The fourth-order valence-electron chi connectivity index (χ4n) is 2.08. The van der Waals surface area contributed by atoms with Crippen LogP contribution in [0.4, 0.5) is 0 Å². The molecule has 2 nitrogen and oxygen atoms in total. The van der Waals surface area contributed by atoms with Crippen LogP contribution in [0.15, 0.2) is 24.3 Å². The number of carbonyl (C=O) groups is 1. The average molecular weight is 332 g/mol. The first-order chi connectivity index (χ1) is 8.97. The molecule has 0 spiro atoms. The SMILES string of the molecule is O=C(O)c1cc2c(Cl)cc(Cl)cc2c2cc(Cl)sc12. The van der Waals surface area contributed by atoms with Crippen LogP contribution in [-0.2, 0) is 0 Å². The van der Waals surface area contributed by atoms with Gasteiger partial charge in [-0.15, -0.1) is 11.3 Å². The molecule has 3 aromatic rings. The predicted molar refractivity (Wildman–Crippen MR) is 81.3 cm³/mol. The second-order valence-electron chi connectivity index (χ2n) is 4.01. The van der Waals surface area contributed by atoms with Crippen molar-refractivity contribution in [3.63, 3.8) is 0 Å². The van der Waals surface area contributed by atoms with Crippen LogP contribution in [0.25, 0.3) is 20.9 Å². The van der Waals surface area contributed by atoms with E-state index in [1.165, 1.54) is 11.3 Å². The summed E-state index contributed by atoms with van der Waals surface area (Å²) >= 11 is 19.4. The Morgan fingerprint density at radius 2 is 1.74 bits per heavy atom. The lowest BCUT2D eigenvalue weighted by molar-refractivity contribution is 0.0699. The van der Waals surface area contributed by atoms with Crippen LogP contribution < -0.4 is 0 Å². The Bertz CT molecular complexity index is 839. The molecule has 0 saturated carbocycles. The lowest BCUT2D eigenvalue weighted by atomic mass is 10.0. The van der Waals surface area contributed by atoms with Crippen LogP contribution >= 0.6 is 46.1 Å². The zero-order valence-corrected chi connectivity index (χ0v) is 12.3. The van der Waals surface area contributed by atoms with Gasteiger partial charge < -0.3 is 5.11 Å². The first kappa shape index (κ1) is 13.0. The van der Waals surface area contributed by atoms with Gasteiger partial charge in [0.05, 0.1) is 14.6 Å². The molecule has 0 aliphatic rings. The van der Waals surface area contributed by atoms with Gasteiger partial charge in [0, 0.05) is 20.8 Å². The van der Waals surface area contributed by atoms with Gasteiger partial charge in [0.15, 0.2) is 0 Å². The Hall–Kier alpha value is -1.000. The van der Waals surface area contributed by atoms with Gasteiger partial charge in [-0.05, 0) is 29.7 Å². The highest BCUT2D eigenvalue weighted by Gasteiger charge is 2.16. The number of rotatable bonds is 1. The molecular weight excluding hydrogens is 327 g/mol. The minimum atomic E-state index is -1.00. The molecule has 0 atom stereocenters. The number of hydrogen-bond donors (Lipinski definition) is 1. The van der Waals surface area contributed by atoms with Crippen molar-refractivity contribution < 1.29 is 9.90 Å². The maximum Gasteiger partial charge on any atom is 0.337 e. The monoisotopic (exact) mass is 330 g/mol. The molecule has 0 bridgehead atoms. The minimum absolute atomic E-state index is 0.198. The highest BCUT2D eigenvalue weighted by molar-refractivity contribution is 7.23. The lowest BCUT2D eigenvalue weighted by Gasteiger charge is -2.06. The summed E-state index contributed by atoms with van der Waals surface area (Å²) in [5, 5.41) is 12.4. The second-order valence-corrected chi connectivity index (χ2v) is 6.53. The van der Waals surface area contributed by atoms with Crippen LogP contribution in [-0.4, -0.2) is 11.1 Å². The molecule has 0 aliphatic heterocycles. The summed E-state index contributed by atoms with van der Waals surface area (Å²) in [7, 11) is 0. The van der Waals surface area contributed by atoms with Crippen molar-refractivity contribution in [1.82, 2.24) is 0 Å². The van der Waals surface area contributed by atoms with Crippen molar-refractivity contribution in [1.29, 1.82) is 0 Å². The summed E-state index contributed by atoms with van der Waals surface area (Å²) in [5.41, 5.74) is 0.198. The minimum Gasteiger partial charge on any atom is -0.478 e. The summed E-state index contributed by atoms with van der Waals surface area (Å²) in [4.78, 5) is 11.3. The molecule has 0 radical (unpaired) electrons. The summed E-state index contributed by atoms with van der Waals surface area (Å²) in [5.74, 6) is -1.00. The maximum absolute atomic E-state index is 11.3. The predicted octanol–water partition coefficient (Wildman–Crippen LogP) is 5.71. The summed E-state index contributed by atoms with van der Waals surface area (Å²) in [6, 6.07) is 6.66. The summed E-state index contributed by atoms with van der Waals surface area (Å²) in [6.45, 7) is 0. The fourth-order valence-corrected chi connectivity index (χ4v) is 3.88. The van der Waals surface area contributed by atoms with Crippen molar-refractivity contribution in [2.75, 3.05) is 0 Å². The Labute approximate surface area is 127 Å². The molecule has 96 valence electrons. The van der Waals surface area contributed by atoms with E-state index in [0.29, 0.717) is 24.5 Å². The van der Waals surface area contributed by atoms with E-state index < -0.39 is 5.97 Å². The van der Waals surface area contributed by atoms with Gasteiger partial charge in [-0.25, -0.2) is 4.79 Å². The number of thiophene rings is 1. The van der Waals surface area contributed by atoms with Crippen molar-refractivity contribution in [3.8, 4) is 0 Å². The molecule has 1 N–H and O–H groups in total. The second kappa shape index (κ2) is 4.53. The summed E-state index contributed by atoms with van der Waals surface area (Å²) < 4.78 is 1.16. The third-order valence-corrected chi connectivity index (χ3v) is 4.68. The number of aromatic carboxylic acids is 1. The zero-order chi connectivity index (χ0) is 13.7. The number of benzene rings is 2. The van der Waals surface area contributed by atoms with Crippen LogP contribution in [0, 0.1) is 0 Å². The molecule has 0 unspecified atom stereocenters. The van der Waals surface area contributed by atoms with Crippen LogP contribution in [0.1, 0.15) is 10.4 Å². The first-order valence-corrected chi connectivity index (χ1v) is 7.16. The Morgan fingerprint density at radius 3 is 2.42 bits per heavy atom. The van der Waals surface area contributed by atoms with Gasteiger partial charge in [0.1, 0.15) is 0 Å². The standard InChI is InChI=1S/C13H5Cl3O2S/c14-5-1-6-7(10(15)2-5)3-9(13(17)18)12-8(6)4-11(16)19-12/h1-4H,(H,17,18). The van der Waals surface area contributed by atoms with Crippen molar-refractivity contribution >= 4 is 73.0 Å². The molecular formula is C13H5Cl3O2S. The van der Waals surface area contributed by atoms with Gasteiger partial charge in [-0.1, -0.05) is 34.8 Å².